The van der Waals surface area contributed by atoms with Gasteiger partial charge in [0.1, 0.15) is 0 Å². The van der Waals surface area contributed by atoms with Crippen molar-refractivity contribution in [2.24, 2.45) is 0 Å². The maximum absolute atomic E-state index is 11.7. The lowest BCUT2D eigenvalue weighted by Gasteiger charge is -2.01. The van der Waals surface area contributed by atoms with Gasteiger partial charge < -0.3 is 4.74 Å². The van der Waals surface area contributed by atoms with E-state index in [9.17, 15) is 4.79 Å². The average molecular weight is 273 g/mol. The number of fused-ring (bicyclic) bond motifs is 1. The van der Waals surface area contributed by atoms with Gasteiger partial charge in [0, 0.05) is 18.6 Å². The van der Waals surface area contributed by atoms with Crippen molar-refractivity contribution in [2.75, 3.05) is 6.61 Å². The lowest BCUT2D eigenvalue weighted by atomic mass is 10.4. The molecule has 0 atom stereocenters. The Morgan fingerprint density at radius 3 is 3.15 bits per heavy atom. The Hall–Kier alpha value is -2.84. The predicted octanol–water partition coefficient (Wildman–Crippen LogP) is -0.0592. The van der Waals surface area contributed by atoms with Gasteiger partial charge in [-0.3, -0.25) is 4.40 Å². The zero-order valence-electron chi connectivity index (χ0n) is 10.7. The van der Waals surface area contributed by atoms with Gasteiger partial charge in [-0.25, -0.2) is 19.4 Å². The second kappa shape index (κ2) is 5.03. The zero-order valence-corrected chi connectivity index (χ0v) is 10.7. The molecular formula is C11H11N7O2. The van der Waals surface area contributed by atoms with Gasteiger partial charge in [-0.1, -0.05) is 0 Å². The van der Waals surface area contributed by atoms with Crippen molar-refractivity contribution in [2.45, 2.75) is 13.5 Å². The lowest BCUT2D eigenvalue weighted by Crippen LogP contribution is -2.15. The quantitative estimate of drug-likeness (QED) is 0.614. The number of aromatic nitrogens is 7. The van der Waals surface area contributed by atoms with Gasteiger partial charge >= 0.3 is 5.97 Å². The SMILES string of the molecule is CCOC(=O)c1nnnn1Cc1cn2cccnc2n1. The fourth-order valence-electron chi connectivity index (χ4n) is 1.76. The summed E-state index contributed by atoms with van der Waals surface area (Å²) in [5.74, 6) is 0.0736. The molecule has 3 heterocycles. The molecule has 3 aromatic rings. The number of carbonyl (C=O) groups excluding carboxylic acids is 1. The van der Waals surface area contributed by atoms with Crippen LogP contribution in [-0.2, 0) is 11.3 Å². The molecule has 3 rings (SSSR count). The van der Waals surface area contributed by atoms with Crippen LogP contribution in [0.4, 0.5) is 0 Å². The highest BCUT2D eigenvalue weighted by atomic mass is 16.5. The van der Waals surface area contributed by atoms with Crippen molar-refractivity contribution < 1.29 is 9.53 Å². The molecule has 9 nitrogen and oxygen atoms in total. The number of nitrogens with zero attached hydrogens (tertiary/aromatic N) is 7. The van der Waals surface area contributed by atoms with Gasteiger partial charge in [-0.15, -0.1) is 5.10 Å². The molecule has 0 amide bonds. The minimum atomic E-state index is -0.556. The van der Waals surface area contributed by atoms with E-state index in [1.54, 1.807) is 29.8 Å². The number of carbonyl (C=O) groups is 1. The molecule has 9 heteroatoms. The van der Waals surface area contributed by atoms with E-state index in [0.29, 0.717) is 11.5 Å². The van der Waals surface area contributed by atoms with Crippen molar-refractivity contribution in [1.29, 1.82) is 0 Å². The Bertz CT molecular complexity index is 715. The Balaban J connectivity index is 1.87. The molecule has 0 N–H and O–H groups in total. The van der Waals surface area contributed by atoms with Crippen molar-refractivity contribution in [3.8, 4) is 0 Å². The second-order valence-corrected chi connectivity index (χ2v) is 3.94. The van der Waals surface area contributed by atoms with Gasteiger partial charge in [-0.2, -0.15) is 0 Å². The maximum atomic E-state index is 11.7. The number of tetrazole rings is 1. The molecular weight excluding hydrogens is 262 g/mol. The number of rotatable bonds is 4. The Morgan fingerprint density at radius 1 is 1.45 bits per heavy atom. The molecule has 0 radical (unpaired) electrons. The topological polar surface area (TPSA) is 100 Å². The first-order valence-electron chi connectivity index (χ1n) is 6.00. The van der Waals surface area contributed by atoms with Crippen LogP contribution in [0.1, 0.15) is 23.2 Å². The third-order valence-corrected chi connectivity index (χ3v) is 2.59. The Kier molecular flexibility index (Phi) is 3.07. The average Bonchev–Trinajstić information content (AvgIpc) is 3.05. The van der Waals surface area contributed by atoms with Gasteiger partial charge in [-0.05, 0) is 23.4 Å². The van der Waals surface area contributed by atoms with Crippen LogP contribution >= 0.6 is 0 Å². The first-order chi connectivity index (χ1) is 9.78. The highest BCUT2D eigenvalue weighted by Gasteiger charge is 2.17. The minimum absolute atomic E-state index is 0.0527. The van der Waals surface area contributed by atoms with E-state index in [4.69, 9.17) is 4.74 Å². The first kappa shape index (κ1) is 12.2. The van der Waals surface area contributed by atoms with Crippen molar-refractivity contribution in [3.63, 3.8) is 0 Å². The highest BCUT2D eigenvalue weighted by Crippen LogP contribution is 2.05. The molecule has 0 fully saturated rings. The van der Waals surface area contributed by atoms with Crippen LogP contribution in [0, 0.1) is 0 Å². The first-order valence-corrected chi connectivity index (χ1v) is 6.00. The van der Waals surface area contributed by atoms with Crippen LogP contribution in [-0.4, -0.2) is 47.2 Å². The Labute approximate surface area is 113 Å². The Morgan fingerprint density at radius 2 is 2.35 bits per heavy atom. The van der Waals surface area contributed by atoms with Crippen LogP contribution in [0.5, 0.6) is 0 Å². The van der Waals surface area contributed by atoms with Crippen LogP contribution in [0.3, 0.4) is 0 Å². The fourth-order valence-corrected chi connectivity index (χ4v) is 1.76. The van der Waals surface area contributed by atoms with Gasteiger partial charge in [0.05, 0.1) is 18.8 Å². The molecule has 0 aliphatic rings. The zero-order chi connectivity index (χ0) is 13.9. The summed E-state index contributed by atoms with van der Waals surface area (Å²) in [7, 11) is 0. The summed E-state index contributed by atoms with van der Waals surface area (Å²) >= 11 is 0. The van der Waals surface area contributed by atoms with Crippen molar-refractivity contribution in [1.82, 2.24) is 34.6 Å². The maximum Gasteiger partial charge on any atom is 0.378 e. The summed E-state index contributed by atoms with van der Waals surface area (Å²) in [5, 5.41) is 10.9. The van der Waals surface area contributed by atoms with E-state index in [-0.39, 0.29) is 19.0 Å². The third kappa shape index (κ3) is 2.20. The van der Waals surface area contributed by atoms with Crippen LogP contribution in [0.25, 0.3) is 5.78 Å². The smallest absolute Gasteiger partial charge is 0.378 e. The third-order valence-electron chi connectivity index (χ3n) is 2.59. The molecule has 0 saturated carbocycles. The molecule has 20 heavy (non-hydrogen) atoms. The van der Waals surface area contributed by atoms with E-state index in [0.717, 1.165) is 0 Å². The summed E-state index contributed by atoms with van der Waals surface area (Å²) in [6.07, 6.45) is 5.30. The van der Waals surface area contributed by atoms with Crippen molar-refractivity contribution >= 4 is 11.7 Å². The standard InChI is InChI=1S/C11H11N7O2/c1-2-20-10(19)9-14-15-16-18(9)7-8-6-17-5-3-4-12-11(17)13-8/h3-6H,2,7H2,1H3. The molecule has 0 aliphatic carbocycles. The molecule has 0 saturated heterocycles. The summed E-state index contributed by atoms with van der Waals surface area (Å²) < 4.78 is 8.01. The molecule has 0 aromatic carbocycles. The van der Waals surface area contributed by atoms with E-state index >= 15 is 0 Å². The fraction of sp³-hybridized carbons (Fsp3) is 0.273. The summed E-state index contributed by atoms with van der Waals surface area (Å²) in [6, 6.07) is 1.81. The van der Waals surface area contributed by atoms with Crippen molar-refractivity contribution in [3.05, 3.63) is 36.2 Å². The minimum Gasteiger partial charge on any atom is -0.460 e. The molecule has 0 bridgehead atoms. The largest absolute Gasteiger partial charge is 0.460 e. The van der Waals surface area contributed by atoms with E-state index in [1.165, 1.54) is 4.68 Å². The number of esters is 1. The van der Waals surface area contributed by atoms with Crippen LogP contribution in [0.2, 0.25) is 0 Å². The van der Waals surface area contributed by atoms with E-state index in [1.807, 2.05) is 6.20 Å². The second-order valence-electron chi connectivity index (χ2n) is 3.94. The summed E-state index contributed by atoms with van der Waals surface area (Å²) in [6.45, 7) is 2.26. The van der Waals surface area contributed by atoms with Gasteiger partial charge in [0.25, 0.3) is 5.82 Å². The molecule has 3 aromatic heterocycles. The highest BCUT2D eigenvalue weighted by molar-refractivity contribution is 5.85. The summed E-state index contributed by atoms with van der Waals surface area (Å²) in [4.78, 5) is 20.1. The number of imidazole rings is 1. The van der Waals surface area contributed by atoms with E-state index < -0.39 is 5.97 Å². The van der Waals surface area contributed by atoms with E-state index in [2.05, 4.69) is 25.5 Å². The summed E-state index contributed by atoms with van der Waals surface area (Å²) in [5.41, 5.74) is 0.696. The van der Waals surface area contributed by atoms with Gasteiger partial charge in [0.15, 0.2) is 0 Å². The van der Waals surface area contributed by atoms with Gasteiger partial charge in [0.2, 0.25) is 5.78 Å². The molecule has 0 unspecified atom stereocenters. The monoisotopic (exact) mass is 273 g/mol. The number of hydrogen-bond donors (Lipinski definition) is 0. The predicted molar refractivity (Wildman–Crippen MR) is 65.9 cm³/mol. The van der Waals surface area contributed by atoms with Crippen LogP contribution < -0.4 is 0 Å². The normalized spacial score (nSPS) is 10.8. The molecule has 0 spiro atoms. The lowest BCUT2D eigenvalue weighted by molar-refractivity contribution is 0.0505. The number of hydrogen-bond acceptors (Lipinski definition) is 7. The molecule has 0 aliphatic heterocycles. The van der Waals surface area contributed by atoms with Crippen LogP contribution in [0.15, 0.2) is 24.7 Å². The molecule has 102 valence electrons. The number of ether oxygens (including phenoxy) is 1.